The maximum absolute atomic E-state index is 14.0. The SMILES string of the molecule is CCCCC(CC)COC(=O)C(C)(CCC)CCC(C)(CC(C)N1CCCCCC1=O)C(=O)OCCOC(=O)C(CCC(=O)CCOc1ccccc1)C(C)=O. The van der Waals surface area contributed by atoms with Crippen LogP contribution in [0, 0.1) is 22.7 Å². The first kappa shape index (κ1) is 48.4. The van der Waals surface area contributed by atoms with Crippen LogP contribution in [0.15, 0.2) is 30.3 Å². The normalized spacial score (nSPS) is 17.0. The first-order valence-corrected chi connectivity index (χ1v) is 21.2. The van der Waals surface area contributed by atoms with Crippen molar-refractivity contribution in [3.63, 3.8) is 0 Å². The van der Waals surface area contributed by atoms with Gasteiger partial charge >= 0.3 is 17.9 Å². The molecule has 5 atom stereocenters. The van der Waals surface area contributed by atoms with E-state index < -0.39 is 34.5 Å². The largest absolute Gasteiger partial charge is 0.493 e. The molecule has 11 nitrogen and oxygen atoms in total. The molecule has 1 heterocycles. The summed E-state index contributed by atoms with van der Waals surface area (Å²) in [6, 6.07) is 8.89. The van der Waals surface area contributed by atoms with E-state index in [4.69, 9.17) is 18.9 Å². The first-order chi connectivity index (χ1) is 26.7. The minimum atomic E-state index is -1.11. The summed E-state index contributed by atoms with van der Waals surface area (Å²) in [5.41, 5.74) is -1.88. The number of para-hydroxylation sites is 1. The van der Waals surface area contributed by atoms with Gasteiger partial charge in [-0.3, -0.25) is 28.8 Å². The Morgan fingerprint density at radius 1 is 0.786 bits per heavy atom. The Balaban J connectivity index is 2.06. The van der Waals surface area contributed by atoms with Gasteiger partial charge in [-0.2, -0.15) is 0 Å². The highest BCUT2D eigenvalue weighted by Crippen LogP contribution is 2.40. The molecule has 0 radical (unpaired) electrons. The van der Waals surface area contributed by atoms with Gasteiger partial charge < -0.3 is 23.8 Å². The molecule has 0 aromatic heterocycles. The second-order valence-electron chi connectivity index (χ2n) is 16.3. The van der Waals surface area contributed by atoms with Crippen LogP contribution in [0.3, 0.4) is 0 Å². The molecular weight excluding hydrogens is 714 g/mol. The van der Waals surface area contributed by atoms with Crippen molar-refractivity contribution in [2.45, 2.75) is 157 Å². The maximum atomic E-state index is 14.0. The predicted octanol–water partition coefficient (Wildman–Crippen LogP) is 8.63. The van der Waals surface area contributed by atoms with E-state index >= 15 is 0 Å². The van der Waals surface area contributed by atoms with Crippen LogP contribution in [0.4, 0.5) is 0 Å². The molecule has 56 heavy (non-hydrogen) atoms. The molecule has 2 rings (SSSR count). The summed E-state index contributed by atoms with van der Waals surface area (Å²) in [5.74, 6) is -2.15. The van der Waals surface area contributed by atoms with Crippen LogP contribution in [0.1, 0.15) is 151 Å². The fraction of sp³-hybridized carbons (Fsp3) is 0.733. The van der Waals surface area contributed by atoms with E-state index in [2.05, 4.69) is 13.8 Å². The monoisotopic (exact) mass is 786 g/mol. The molecule has 11 heteroatoms. The van der Waals surface area contributed by atoms with Crippen LogP contribution in [0.2, 0.25) is 0 Å². The topological polar surface area (TPSA) is 143 Å². The summed E-state index contributed by atoms with van der Waals surface area (Å²) in [6.45, 7) is 14.0. The number of Topliss-reactive ketones (excluding diaryl/α,β-unsaturated/α-hetero) is 2. The number of ketones is 2. The van der Waals surface area contributed by atoms with E-state index in [-0.39, 0.29) is 62.8 Å². The number of unbranched alkanes of at least 4 members (excludes halogenated alkanes) is 1. The van der Waals surface area contributed by atoms with E-state index in [1.807, 2.05) is 50.8 Å². The zero-order chi connectivity index (χ0) is 41.6. The lowest BCUT2D eigenvalue weighted by molar-refractivity contribution is -0.165. The van der Waals surface area contributed by atoms with Crippen LogP contribution >= 0.6 is 0 Å². The summed E-state index contributed by atoms with van der Waals surface area (Å²) in [4.78, 5) is 80.3. The van der Waals surface area contributed by atoms with Gasteiger partial charge in [0.05, 0.1) is 24.0 Å². The summed E-state index contributed by atoms with van der Waals surface area (Å²) in [7, 11) is 0. The van der Waals surface area contributed by atoms with E-state index in [0.717, 1.165) is 51.4 Å². The lowest BCUT2D eigenvalue weighted by atomic mass is 9.72. The van der Waals surface area contributed by atoms with Gasteiger partial charge in [-0.05, 0) is 97.1 Å². The summed E-state index contributed by atoms with van der Waals surface area (Å²) in [5, 5.41) is 0. The van der Waals surface area contributed by atoms with Crippen LogP contribution in [0.25, 0.3) is 0 Å². The summed E-state index contributed by atoms with van der Waals surface area (Å²) < 4.78 is 22.6. The number of carbonyl (C=O) groups is 6. The maximum Gasteiger partial charge on any atom is 0.316 e. The Morgan fingerprint density at radius 3 is 2.12 bits per heavy atom. The smallest absolute Gasteiger partial charge is 0.316 e. The molecule has 5 unspecified atom stereocenters. The average Bonchev–Trinajstić information content (AvgIpc) is 3.40. The van der Waals surface area contributed by atoms with Gasteiger partial charge in [-0.1, -0.05) is 71.1 Å². The fourth-order valence-electron chi connectivity index (χ4n) is 7.49. The highest BCUT2D eigenvalue weighted by Gasteiger charge is 2.43. The molecule has 1 aromatic carbocycles. The number of hydrogen-bond donors (Lipinski definition) is 0. The molecule has 1 aliphatic rings. The van der Waals surface area contributed by atoms with E-state index in [0.29, 0.717) is 56.9 Å². The van der Waals surface area contributed by atoms with E-state index in [1.165, 1.54) is 6.92 Å². The lowest BCUT2D eigenvalue weighted by Gasteiger charge is -2.37. The molecule has 0 bridgehead atoms. The number of hydrogen-bond acceptors (Lipinski definition) is 10. The van der Waals surface area contributed by atoms with Gasteiger partial charge in [0.1, 0.15) is 36.4 Å². The molecule has 0 saturated carbocycles. The van der Waals surface area contributed by atoms with Crippen molar-refractivity contribution in [2.24, 2.45) is 22.7 Å². The molecular formula is C45H71NO10. The zero-order valence-electron chi connectivity index (χ0n) is 35.5. The van der Waals surface area contributed by atoms with Gasteiger partial charge in [0, 0.05) is 31.8 Å². The zero-order valence-corrected chi connectivity index (χ0v) is 35.5. The number of benzene rings is 1. The van der Waals surface area contributed by atoms with Crippen molar-refractivity contribution in [1.29, 1.82) is 0 Å². The quantitative estimate of drug-likeness (QED) is 0.0351. The third kappa shape index (κ3) is 16.8. The second kappa shape index (κ2) is 25.5. The standard InChI is InChI=1S/C45H71NO10/c1-8-11-18-36(10-3)33-56-42(51)44(6,25-9-2)26-27-45(7,32-34(4)46-28-17-13-16-21-40(46)49)43(52)55-31-30-54-41(50)39(35(5)47)23-22-37(48)24-29-53-38-19-14-12-15-20-38/h12,14-15,19-20,34,36,39H,8-11,13,16-18,21-33H2,1-7H3. The van der Waals surface area contributed by atoms with Crippen molar-refractivity contribution < 1.29 is 47.7 Å². The van der Waals surface area contributed by atoms with Crippen molar-refractivity contribution in [2.75, 3.05) is 33.0 Å². The highest BCUT2D eigenvalue weighted by molar-refractivity contribution is 5.98. The molecule has 0 N–H and O–H groups in total. The Hall–Kier alpha value is -3.76. The summed E-state index contributed by atoms with van der Waals surface area (Å²) >= 11 is 0. The third-order valence-corrected chi connectivity index (χ3v) is 11.3. The van der Waals surface area contributed by atoms with Crippen molar-refractivity contribution in [1.82, 2.24) is 4.90 Å². The van der Waals surface area contributed by atoms with Crippen molar-refractivity contribution >= 4 is 35.4 Å². The lowest BCUT2D eigenvalue weighted by Crippen LogP contribution is -2.44. The molecule has 1 amide bonds. The second-order valence-corrected chi connectivity index (χ2v) is 16.3. The molecule has 1 fully saturated rings. The van der Waals surface area contributed by atoms with E-state index in [9.17, 15) is 28.8 Å². The number of carbonyl (C=O) groups excluding carboxylic acids is 6. The number of esters is 3. The minimum Gasteiger partial charge on any atom is -0.493 e. The molecule has 1 aromatic rings. The van der Waals surface area contributed by atoms with Gasteiger partial charge in [0.25, 0.3) is 0 Å². The van der Waals surface area contributed by atoms with Gasteiger partial charge in [0.2, 0.25) is 5.91 Å². The fourth-order valence-corrected chi connectivity index (χ4v) is 7.49. The van der Waals surface area contributed by atoms with Crippen LogP contribution in [-0.2, 0) is 43.0 Å². The number of ether oxygens (including phenoxy) is 4. The predicted molar refractivity (Wildman–Crippen MR) is 216 cm³/mol. The van der Waals surface area contributed by atoms with Crippen LogP contribution < -0.4 is 4.74 Å². The summed E-state index contributed by atoms with van der Waals surface area (Å²) in [6.07, 6.45) is 9.92. The number of nitrogens with zero attached hydrogens (tertiary/aromatic N) is 1. The minimum absolute atomic E-state index is 0.0140. The Bertz CT molecular complexity index is 1380. The van der Waals surface area contributed by atoms with Crippen molar-refractivity contribution in [3.8, 4) is 5.75 Å². The highest BCUT2D eigenvalue weighted by atomic mass is 16.6. The first-order valence-electron chi connectivity index (χ1n) is 21.2. The van der Waals surface area contributed by atoms with Gasteiger partial charge in [-0.25, -0.2) is 0 Å². The third-order valence-electron chi connectivity index (χ3n) is 11.3. The Labute approximate surface area is 336 Å². The van der Waals surface area contributed by atoms with Crippen LogP contribution in [-0.4, -0.2) is 79.3 Å². The number of amides is 1. The molecule has 316 valence electrons. The van der Waals surface area contributed by atoms with Crippen LogP contribution in [0.5, 0.6) is 5.75 Å². The average molecular weight is 786 g/mol. The molecule has 0 spiro atoms. The Morgan fingerprint density at radius 2 is 1.46 bits per heavy atom. The number of rotatable bonds is 28. The molecule has 0 aliphatic carbocycles. The van der Waals surface area contributed by atoms with Crippen molar-refractivity contribution in [3.05, 3.63) is 30.3 Å². The number of likely N-dealkylation sites (tertiary alicyclic amines) is 1. The molecule has 1 saturated heterocycles. The van der Waals surface area contributed by atoms with Gasteiger partial charge in [-0.15, -0.1) is 0 Å². The van der Waals surface area contributed by atoms with Gasteiger partial charge in [0.15, 0.2) is 0 Å². The molecule has 1 aliphatic heterocycles. The van der Waals surface area contributed by atoms with E-state index in [1.54, 1.807) is 12.1 Å². The Kier molecular flexibility index (Phi) is 22.0.